The molecule has 0 aromatic heterocycles. The maximum atomic E-state index is 10.6. The predicted molar refractivity (Wildman–Crippen MR) is 86.0 cm³/mol. The molecule has 0 spiro atoms. The Bertz CT molecular complexity index is 388. The third-order valence-electron chi connectivity index (χ3n) is 3.96. The van der Waals surface area contributed by atoms with Crippen LogP contribution in [0.4, 0.5) is 0 Å². The lowest BCUT2D eigenvalue weighted by Crippen LogP contribution is -2.47. The first-order valence-corrected chi connectivity index (χ1v) is 7.51. The zero-order chi connectivity index (χ0) is 15.3. The summed E-state index contributed by atoms with van der Waals surface area (Å²) in [5, 5.41) is 10.6. The van der Waals surface area contributed by atoms with Crippen molar-refractivity contribution in [2.75, 3.05) is 27.2 Å². The van der Waals surface area contributed by atoms with Gasteiger partial charge in [0.2, 0.25) is 0 Å². The van der Waals surface area contributed by atoms with Crippen molar-refractivity contribution in [2.45, 2.75) is 45.9 Å². The smallest absolute Gasteiger partial charge is 0.0942 e. The molecule has 0 bridgehead atoms. The average Bonchev–Trinajstić information content (AvgIpc) is 2.38. The number of aliphatic hydroxyl groups is 1. The molecule has 3 heteroatoms. The van der Waals surface area contributed by atoms with Crippen LogP contribution in [-0.4, -0.2) is 54.2 Å². The highest BCUT2D eigenvalue weighted by atomic mass is 16.3. The fourth-order valence-electron chi connectivity index (χ4n) is 2.86. The molecule has 1 aromatic carbocycles. The Morgan fingerprint density at radius 2 is 1.65 bits per heavy atom. The Labute approximate surface area is 124 Å². The molecule has 3 nitrogen and oxygen atoms in total. The van der Waals surface area contributed by atoms with E-state index >= 15 is 0 Å². The monoisotopic (exact) mass is 278 g/mol. The molecule has 0 amide bonds. The summed E-state index contributed by atoms with van der Waals surface area (Å²) in [5.74, 6) is 0. The number of aryl methyl sites for hydroxylation is 1. The van der Waals surface area contributed by atoms with E-state index in [2.05, 4.69) is 63.7 Å². The van der Waals surface area contributed by atoms with Crippen molar-refractivity contribution < 1.29 is 5.11 Å². The molecule has 0 saturated carbocycles. The molecule has 1 N–H and O–H groups in total. The van der Waals surface area contributed by atoms with Gasteiger partial charge in [-0.1, -0.05) is 36.8 Å². The van der Waals surface area contributed by atoms with Crippen LogP contribution in [0.1, 0.15) is 38.0 Å². The zero-order valence-electron chi connectivity index (χ0n) is 13.8. The van der Waals surface area contributed by atoms with Crippen molar-refractivity contribution in [3.63, 3.8) is 0 Å². The van der Waals surface area contributed by atoms with E-state index in [9.17, 15) is 5.11 Å². The number of nitrogens with zero attached hydrogens (tertiary/aromatic N) is 2. The Balaban J connectivity index is 2.79. The van der Waals surface area contributed by atoms with Crippen LogP contribution < -0.4 is 0 Å². The largest absolute Gasteiger partial charge is 0.387 e. The number of hydrogen-bond donors (Lipinski definition) is 1. The van der Waals surface area contributed by atoms with Gasteiger partial charge in [0.25, 0.3) is 0 Å². The van der Waals surface area contributed by atoms with Gasteiger partial charge < -0.3 is 10.0 Å². The summed E-state index contributed by atoms with van der Waals surface area (Å²) in [4.78, 5) is 4.56. The Hall–Kier alpha value is -0.900. The van der Waals surface area contributed by atoms with Crippen LogP contribution in [0.25, 0.3) is 0 Å². The summed E-state index contributed by atoms with van der Waals surface area (Å²) in [6, 6.07) is 8.71. The van der Waals surface area contributed by atoms with Crippen LogP contribution in [0.3, 0.4) is 0 Å². The number of likely N-dealkylation sites (N-methyl/N-ethyl adjacent to an activating group) is 2. The molecule has 114 valence electrons. The molecule has 0 fully saturated rings. The van der Waals surface area contributed by atoms with Crippen LogP contribution in [0.2, 0.25) is 0 Å². The van der Waals surface area contributed by atoms with Gasteiger partial charge in [-0.2, -0.15) is 0 Å². The standard InChI is InChI=1S/C17H30N2O/c1-7-19(14(3)12-18(5)6)15(4)17(20)16-10-8-13(2)9-11-16/h8-11,14-15,17,20H,7,12H2,1-6H3. The lowest BCUT2D eigenvalue weighted by molar-refractivity contribution is 0.0329. The van der Waals surface area contributed by atoms with E-state index in [4.69, 9.17) is 0 Å². The van der Waals surface area contributed by atoms with Gasteiger partial charge in [-0.15, -0.1) is 0 Å². The minimum absolute atomic E-state index is 0.109. The third kappa shape index (κ3) is 4.58. The van der Waals surface area contributed by atoms with Crippen molar-refractivity contribution in [3.8, 4) is 0 Å². The maximum Gasteiger partial charge on any atom is 0.0942 e. The highest BCUT2D eigenvalue weighted by Gasteiger charge is 2.25. The van der Waals surface area contributed by atoms with Crippen LogP contribution in [-0.2, 0) is 0 Å². The molecular weight excluding hydrogens is 248 g/mol. The molecule has 0 aliphatic rings. The summed E-state index contributed by atoms with van der Waals surface area (Å²) in [5.41, 5.74) is 2.22. The first-order chi connectivity index (χ1) is 9.36. The first kappa shape index (κ1) is 17.2. The van der Waals surface area contributed by atoms with Gasteiger partial charge in [-0.05, 0) is 47.0 Å². The van der Waals surface area contributed by atoms with E-state index in [1.807, 2.05) is 12.1 Å². The van der Waals surface area contributed by atoms with Gasteiger partial charge in [0.1, 0.15) is 0 Å². The van der Waals surface area contributed by atoms with Crippen molar-refractivity contribution >= 4 is 0 Å². The summed E-state index contributed by atoms with van der Waals surface area (Å²) >= 11 is 0. The molecule has 3 atom stereocenters. The maximum absolute atomic E-state index is 10.6. The molecule has 3 unspecified atom stereocenters. The second-order valence-electron chi connectivity index (χ2n) is 6.04. The van der Waals surface area contributed by atoms with E-state index in [0.717, 1.165) is 18.7 Å². The molecule has 0 aliphatic heterocycles. The van der Waals surface area contributed by atoms with E-state index in [-0.39, 0.29) is 6.04 Å². The summed E-state index contributed by atoms with van der Waals surface area (Å²) in [7, 11) is 4.18. The number of rotatable bonds is 7. The van der Waals surface area contributed by atoms with Gasteiger partial charge in [0.15, 0.2) is 0 Å². The van der Waals surface area contributed by atoms with Crippen molar-refractivity contribution in [3.05, 3.63) is 35.4 Å². The van der Waals surface area contributed by atoms with Gasteiger partial charge in [-0.3, -0.25) is 4.90 Å². The normalized spacial score (nSPS) is 16.4. The minimum Gasteiger partial charge on any atom is -0.387 e. The lowest BCUT2D eigenvalue weighted by atomic mass is 10.00. The minimum atomic E-state index is -0.444. The number of hydrogen-bond acceptors (Lipinski definition) is 3. The average molecular weight is 278 g/mol. The quantitative estimate of drug-likeness (QED) is 0.831. The molecule has 0 saturated heterocycles. The zero-order valence-corrected chi connectivity index (χ0v) is 13.8. The van der Waals surface area contributed by atoms with Crippen molar-refractivity contribution in [2.24, 2.45) is 0 Å². The fraction of sp³-hybridized carbons (Fsp3) is 0.647. The van der Waals surface area contributed by atoms with Crippen LogP contribution in [0.15, 0.2) is 24.3 Å². The Kier molecular flexibility index (Phi) is 6.66. The predicted octanol–water partition coefficient (Wildman–Crippen LogP) is 2.69. The molecule has 1 aromatic rings. The molecule has 0 aliphatic carbocycles. The second-order valence-corrected chi connectivity index (χ2v) is 6.04. The van der Waals surface area contributed by atoms with Crippen LogP contribution in [0, 0.1) is 6.92 Å². The Morgan fingerprint density at radius 3 is 2.10 bits per heavy atom. The summed E-state index contributed by atoms with van der Waals surface area (Å²) < 4.78 is 0. The van der Waals surface area contributed by atoms with Crippen molar-refractivity contribution in [1.82, 2.24) is 9.80 Å². The Morgan fingerprint density at radius 1 is 1.10 bits per heavy atom. The SMILES string of the molecule is CCN(C(C)CN(C)C)C(C)C(O)c1ccc(C)cc1. The summed E-state index contributed by atoms with van der Waals surface area (Å²) in [6.45, 7) is 10.5. The topological polar surface area (TPSA) is 26.7 Å². The third-order valence-corrected chi connectivity index (χ3v) is 3.96. The number of aliphatic hydroxyl groups excluding tert-OH is 1. The highest BCUT2D eigenvalue weighted by molar-refractivity contribution is 5.24. The molecular formula is C17H30N2O. The highest BCUT2D eigenvalue weighted by Crippen LogP contribution is 2.22. The van der Waals surface area contributed by atoms with Crippen LogP contribution in [0.5, 0.6) is 0 Å². The van der Waals surface area contributed by atoms with Crippen molar-refractivity contribution in [1.29, 1.82) is 0 Å². The van der Waals surface area contributed by atoms with E-state index in [1.54, 1.807) is 0 Å². The second kappa shape index (κ2) is 7.77. The van der Waals surface area contributed by atoms with E-state index in [0.29, 0.717) is 6.04 Å². The molecule has 1 rings (SSSR count). The first-order valence-electron chi connectivity index (χ1n) is 7.51. The van der Waals surface area contributed by atoms with Gasteiger partial charge >= 0.3 is 0 Å². The molecule has 0 radical (unpaired) electrons. The van der Waals surface area contributed by atoms with E-state index < -0.39 is 6.10 Å². The number of benzene rings is 1. The van der Waals surface area contributed by atoms with Gasteiger partial charge in [0, 0.05) is 18.6 Å². The summed E-state index contributed by atoms with van der Waals surface area (Å²) in [6.07, 6.45) is -0.444. The molecule has 0 heterocycles. The van der Waals surface area contributed by atoms with Gasteiger partial charge in [-0.25, -0.2) is 0 Å². The van der Waals surface area contributed by atoms with Gasteiger partial charge in [0.05, 0.1) is 6.10 Å². The molecule has 20 heavy (non-hydrogen) atoms. The van der Waals surface area contributed by atoms with Crippen LogP contribution >= 0.6 is 0 Å². The lowest BCUT2D eigenvalue weighted by Gasteiger charge is -2.37. The van der Waals surface area contributed by atoms with E-state index in [1.165, 1.54) is 5.56 Å². The fourth-order valence-corrected chi connectivity index (χ4v) is 2.86.